The van der Waals surface area contributed by atoms with Crippen molar-refractivity contribution >= 4 is 28.4 Å². The maximum atomic E-state index is 12.2. The molecular weight excluding hydrogens is 435 g/mol. The number of carbonyl (C=O) groups excluding carboxylic acids is 1. The molecular formula is C23H33IO2. The molecule has 4 unspecified atom stereocenters. The van der Waals surface area contributed by atoms with Gasteiger partial charge < -0.3 is 5.11 Å². The first-order valence-electron chi connectivity index (χ1n) is 10.6. The summed E-state index contributed by atoms with van der Waals surface area (Å²) >= 11 is 2.70. The van der Waals surface area contributed by atoms with E-state index < -0.39 is 5.60 Å². The molecule has 0 bridgehead atoms. The highest BCUT2D eigenvalue weighted by molar-refractivity contribution is 14.1. The van der Waals surface area contributed by atoms with Gasteiger partial charge in [-0.05, 0) is 94.3 Å². The van der Waals surface area contributed by atoms with Crippen molar-refractivity contribution < 1.29 is 9.90 Å². The summed E-state index contributed by atoms with van der Waals surface area (Å²) in [6, 6.07) is 0. The van der Waals surface area contributed by atoms with Crippen LogP contribution in [0.25, 0.3) is 0 Å². The zero-order chi connectivity index (χ0) is 18.7. The number of hydrogen-bond donors (Lipinski definition) is 1. The third kappa shape index (κ3) is 2.81. The Morgan fingerprint density at radius 2 is 1.73 bits per heavy atom. The van der Waals surface area contributed by atoms with Gasteiger partial charge in [-0.15, -0.1) is 5.92 Å². The van der Waals surface area contributed by atoms with Crippen molar-refractivity contribution in [2.45, 2.75) is 87.6 Å². The zero-order valence-corrected chi connectivity index (χ0v) is 18.6. The van der Waals surface area contributed by atoms with Gasteiger partial charge in [-0.1, -0.05) is 35.4 Å². The number of halogens is 1. The zero-order valence-electron chi connectivity index (χ0n) is 16.5. The summed E-state index contributed by atoms with van der Waals surface area (Å²) in [5, 5.41) is 10.9. The van der Waals surface area contributed by atoms with Crippen LogP contribution in [0.5, 0.6) is 0 Å². The predicted octanol–water partition coefficient (Wildman–Crippen LogP) is 5.16. The highest BCUT2D eigenvalue weighted by atomic mass is 127. The number of fused-ring (bicyclic) bond motifs is 5. The SMILES string of the molecule is CC#C[C@@]1(O)CC[C@@H]2C3CC[C@@]4(C)C(CC[C@@H]4C(C)=O)C3CCC2(I)C1. The van der Waals surface area contributed by atoms with Crippen LogP contribution in [0.1, 0.15) is 78.6 Å². The second-order valence-corrected chi connectivity index (χ2v) is 12.2. The van der Waals surface area contributed by atoms with Gasteiger partial charge in [-0.3, -0.25) is 4.79 Å². The van der Waals surface area contributed by atoms with Crippen molar-refractivity contribution in [3.63, 3.8) is 0 Å². The average molecular weight is 468 g/mol. The van der Waals surface area contributed by atoms with E-state index in [9.17, 15) is 9.90 Å². The van der Waals surface area contributed by atoms with Gasteiger partial charge in [0.25, 0.3) is 0 Å². The smallest absolute Gasteiger partial charge is 0.133 e. The van der Waals surface area contributed by atoms with Crippen LogP contribution in [-0.4, -0.2) is 19.9 Å². The van der Waals surface area contributed by atoms with E-state index in [-0.39, 0.29) is 8.84 Å². The molecule has 144 valence electrons. The molecule has 0 saturated heterocycles. The van der Waals surface area contributed by atoms with Crippen LogP contribution in [-0.2, 0) is 4.79 Å². The second-order valence-electron chi connectivity index (χ2n) is 10.0. The normalized spacial score (nSPS) is 52.9. The molecule has 8 atom stereocenters. The summed E-state index contributed by atoms with van der Waals surface area (Å²) in [6.07, 6.45) is 10.2. The van der Waals surface area contributed by atoms with Crippen LogP contribution in [0.2, 0.25) is 0 Å². The van der Waals surface area contributed by atoms with Crippen LogP contribution in [0.15, 0.2) is 0 Å². The fourth-order valence-electron chi connectivity index (χ4n) is 7.88. The molecule has 2 nitrogen and oxygen atoms in total. The molecule has 0 spiro atoms. The van der Waals surface area contributed by atoms with E-state index in [0.29, 0.717) is 11.7 Å². The third-order valence-electron chi connectivity index (χ3n) is 8.87. The summed E-state index contributed by atoms with van der Waals surface area (Å²) in [6.45, 7) is 6.08. The highest BCUT2D eigenvalue weighted by Crippen LogP contribution is 2.66. The largest absolute Gasteiger partial charge is 0.378 e. The van der Waals surface area contributed by atoms with Crippen molar-refractivity contribution in [1.29, 1.82) is 0 Å². The van der Waals surface area contributed by atoms with Crippen molar-refractivity contribution in [3.05, 3.63) is 0 Å². The number of alkyl halides is 1. The van der Waals surface area contributed by atoms with Gasteiger partial charge in [-0.25, -0.2) is 0 Å². The van der Waals surface area contributed by atoms with Crippen molar-refractivity contribution in [2.75, 3.05) is 0 Å². The summed E-state index contributed by atoms with van der Waals surface area (Å²) < 4.78 is 0.210. The van der Waals surface area contributed by atoms with Crippen molar-refractivity contribution in [3.8, 4) is 11.8 Å². The maximum Gasteiger partial charge on any atom is 0.133 e. The molecule has 26 heavy (non-hydrogen) atoms. The molecule has 0 aromatic heterocycles. The number of rotatable bonds is 1. The molecule has 1 N–H and O–H groups in total. The van der Waals surface area contributed by atoms with E-state index in [1.165, 1.54) is 32.1 Å². The molecule has 0 aromatic carbocycles. The molecule has 0 radical (unpaired) electrons. The van der Waals surface area contributed by atoms with Crippen molar-refractivity contribution in [2.24, 2.45) is 35.0 Å². The Bertz CT molecular complexity index is 663. The molecule has 3 heteroatoms. The molecule has 0 aromatic rings. The number of aliphatic hydroxyl groups is 1. The summed E-state index contributed by atoms with van der Waals surface area (Å²) in [7, 11) is 0. The first kappa shape index (κ1) is 19.2. The van der Waals surface area contributed by atoms with Crippen molar-refractivity contribution in [1.82, 2.24) is 0 Å². The average Bonchev–Trinajstić information content (AvgIpc) is 2.91. The van der Waals surface area contributed by atoms with E-state index >= 15 is 0 Å². The van der Waals surface area contributed by atoms with Crippen LogP contribution in [0, 0.1) is 46.8 Å². The Labute approximate surface area is 172 Å². The van der Waals surface area contributed by atoms with Crippen LogP contribution >= 0.6 is 22.6 Å². The standard InChI is InChI=1S/C23H33IO2/c1-4-10-22(26)12-9-20-17-7-11-21(3)18(15(2)25)5-6-19(21)16(17)8-13-23(20,24)14-22/h16-20,26H,5-9,11-14H2,1-3H3/t16?,17?,18-,19?,20-,21-,22-,23?/m1/s1. The molecule has 0 aliphatic heterocycles. The van der Waals surface area contributed by atoms with E-state index in [0.717, 1.165) is 49.4 Å². The minimum absolute atomic E-state index is 0.210. The molecule has 0 amide bonds. The van der Waals surface area contributed by atoms with Gasteiger partial charge in [0.05, 0.1) is 0 Å². The summed E-state index contributed by atoms with van der Waals surface area (Å²) in [5.74, 6) is 9.87. The number of hydrogen-bond acceptors (Lipinski definition) is 2. The molecule has 0 heterocycles. The maximum absolute atomic E-state index is 12.2. The van der Waals surface area contributed by atoms with Gasteiger partial charge in [-0.2, -0.15) is 0 Å². The Morgan fingerprint density at radius 3 is 2.42 bits per heavy atom. The predicted molar refractivity (Wildman–Crippen MR) is 113 cm³/mol. The number of Topliss-reactive ketones (excluding diaryl/α,β-unsaturated/α-hetero) is 1. The fourth-order valence-corrected chi connectivity index (χ4v) is 9.59. The lowest BCUT2D eigenvalue weighted by molar-refractivity contribution is -0.128. The fraction of sp³-hybridized carbons (Fsp3) is 0.870. The van der Waals surface area contributed by atoms with Crippen LogP contribution in [0.3, 0.4) is 0 Å². The van der Waals surface area contributed by atoms with E-state index in [1.807, 2.05) is 13.8 Å². The van der Waals surface area contributed by atoms with Gasteiger partial charge >= 0.3 is 0 Å². The Balaban J connectivity index is 1.58. The molecule has 4 rings (SSSR count). The third-order valence-corrected chi connectivity index (χ3v) is 10.6. The lowest BCUT2D eigenvalue weighted by Crippen LogP contribution is -2.56. The molecule has 4 aliphatic carbocycles. The van der Waals surface area contributed by atoms with Gasteiger partial charge in [0, 0.05) is 15.8 Å². The monoisotopic (exact) mass is 468 g/mol. The first-order chi connectivity index (χ1) is 12.2. The van der Waals surface area contributed by atoms with E-state index in [2.05, 4.69) is 41.4 Å². The quantitative estimate of drug-likeness (QED) is 0.328. The van der Waals surface area contributed by atoms with Gasteiger partial charge in [0.2, 0.25) is 0 Å². The first-order valence-corrected chi connectivity index (χ1v) is 11.7. The van der Waals surface area contributed by atoms with Crippen LogP contribution in [0.4, 0.5) is 0 Å². The molecule has 4 saturated carbocycles. The topological polar surface area (TPSA) is 37.3 Å². The van der Waals surface area contributed by atoms with E-state index in [4.69, 9.17) is 0 Å². The Kier molecular flexibility index (Phi) is 4.79. The van der Waals surface area contributed by atoms with Gasteiger partial charge in [0.15, 0.2) is 0 Å². The van der Waals surface area contributed by atoms with Gasteiger partial charge in [0.1, 0.15) is 11.4 Å². The van der Waals surface area contributed by atoms with E-state index in [1.54, 1.807) is 0 Å². The summed E-state index contributed by atoms with van der Waals surface area (Å²) in [4.78, 5) is 12.2. The minimum Gasteiger partial charge on any atom is -0.378 e. The lowest BCUT2D eigenvalue weighted by atomic mass is 9.49. The van der Waals surface area contributed by atoms with Crippen LogP contribution < -0.4 is 0 Å². The Morgan fingerprint density at radius 1 is 1.04 bits per heavy atom. The Hall–Kier alpha value is -0.0800. The molecule has 4 aliphatic rings. The highest BCUT2D eigenvalue weighted by Gasteiger charge is 2.61. The number of ketones is 1. The summed E-state index contributed by atoms with van der Waals surface area (Å²) in [5.41, 5.74) is -0.517. The number of carbonyl (C=O) groups is 1. The minimum atomic E-state index is -0.768. The lowest BCUT2D eigenvalue weighted by Gasteiger charge is -2.59. The second kappa shape index (κ2) is 6.48. The molecule has 4 fully saturated rings.